The number of carbonyl (C=O) groups is 1. The van der Waals surface area contributed by atoms with Crippen LogP contribution in [0.25, 0.3) is 22.2 Å². The first-order valence-electron chi connectivity index (χ1n) is 12.4. The number of nitrogens with zero attached hydrogens (tertiary/aromatic N) is 3. The van der Waals surface area contributed by atoms with Crippen molar-refractivity contribution in [2.75, 3.05) is 26.2 Å². The molecule has 2 aromatic heterocycles. The highest BCUT2D eigenvalue weighted by Crippen LogP contribution is 2.37. The Morgan fingerprint density at radius 1 is 0.970 bits per heavy atom. The highest BCUT2D eigenvalue weighted by molar-refractivity contribution is 6.00. The van der Waals surface area contributed by atoms with Crippen LogP contribution in [-0.4, -0.2) is 57.9 Å². The zero-order valence-electron chi connectivity index (χ0n) is 20.8. The molecule has 2 fully saturated rings. The predicted molar refractivity (Wildman–Crippen MR) is 135 cm³/mol. The van der Waals surface area contributed by atoms with E-state index < -0.39 is 0 Å². The van der Waals surface area contributed by atoms with Gasteiger partial charge in [0.1, 0.15) is 0 Å². The van der Waals surface area contributed by atoms with E-state index in [0.29, 0.717) is 23.8 Å². The molecule has 0 aliphatic carbocycles. The number of nitrogens with one attached hydrogen (secondary N) is 1. The standard InChI is InChI=1S/C28H36N4O/c1-16(2)26-24-11-20(28(33)32-14-22-12-31(17(3)4)13-23(22)15-32)7-8-25(24)30-27(26)21-9-18(5)29-19(6)10-21/h7-11,16-17,22-23,30H,12-15H2,1-6H3. The quantitative estimate of drug-likeness (QED) is 0.588. The number of likely N-dealkylation sites (tertiary alicyclic amines) is 2. The zero-order chi connectivity index (χ0) is 23.4. The van der Waals surface area contributed by atoms with Gasteiger partial charge in [0.25, 0.3) is 5.91 Å². The van der Waals surface area contributed by atoms with Crippen LogP contribution < -0.4 is 0 Å². The second-order valence-electron chi connectivity index (χ2n) is 10.7. The third-order valence-corrected chi connectivity index (χ3v) is 7.57. The molecule has 5 heteroatoms. The number of rotatable bonds is 4. The topological polar surface area (TPSA) is 52.2 Å². The molecular formula is C28H36N4O. The Labute approximate surface area is 197 Å². The maximum atomic E-state index is 13.5. The second-order valence-corrected chi connectivity index (χ2v) is 10.7. The number of benzene rings is 1. The van der Waals surface area contributed by atoms with Crippen molar-refractivity contribution in [1.29, 1.82) is 0 Å². The van der Waals surface area contributed by atoms with Gasteiger partial charge in [-0.05, 0) is 81.3 Å². The summed E-state index contributed by atoms with van der Waals surface area (Å²) in [7, 11) is 0. The van der Waals surface area contributed by atoms with Gasteiger partial charge in [-0.15, -0.1) is 0 Å². The van der Waals surface area contributed by atoms with Crippen LogP contribution in [0.5, 0.6) is 0 Å². The summed E-state index contributed by atoms with van der Waals surface area (Å²) in [5.74, 6) is 1.74. The number of carbonyl (C=O) groups excluding carboxylic acids is 1. The molecule has 5 nitrogen and oxygen atoms in total. The summed E-state index contributed by atoms with van der Waals surface area (Å²) in [6.45, 7) is 17.1. The van der Waals surface area contributed by atoms with E-state index in [-0.39, 0.29) is 5.91 Å². The minimum atomic E-state index is 0.176. The maximum Gasteiger partial charge on any atom is 0.253 e. The lowest BCUT2D eigenvalue weighted by atomic mass is 9.95. The molecule has 5 rings (SSSR count). The molecule has 0 saturated carbocycles. The van der Waals surface area contributed by atoms with Gasteiger partial charge in [0.05, 0.1) is 5.69 Å². The van der Waals surface area contributed by atoms with Gasteiger partial charge in [-0.3, -0.25) is 9.78 Å². The molecule has 1 N–H and O–H groups in total. The van der Waals surface area contributed by atoms with E-state index in [1.54, 1.807) is 0 Å². The lowest BCUT2D eigenvalue weighted by Crippen LogP contribution is -2.35. The molecule has 174 valence electrons. The van der Waals surface area contributed by atoms with Crippen molar-refractivity contribution in [2.24, 2.45) is 11.8 Å². The fourth-order valence-electron chi connectivity index (χ4n) is 5.95. The summed E-state index contributed by atoms with van der Waals surface area (Å²) in [6.07, 6.45) is 0. The Bertz CT molecular complexity index is 1170. The van der Waals surface area contributed by atoms with Crippen molar-refractivity contribution < 1.29 is 4.79 Å². The lowest BCUT2D eigenvalue weighted by Gasteiger charge is -2.24. The van der Waals surface area contributed by atoms with E-state index in [1.807, 2.05) is 19.9 Å². The Hall–Kier alpha value is -2.66. The molecule has 4 heterocycles. The van der Waals surface area contributed by atoms with Crippen molar-refractivity contribution in [1.82, 2.24) is 19.8 Å². The molecule has 2 atom stereocenters. The van der Waals surface area contributed by atoms with Crippen molar-refractivity contribution in [3.8, 4) is 11.3 Å². The van der Waals surface area contributed by atoms with Crippen molar-refractivity contribution >= 4 is 16.8 Å². The maximum absolute atomic E-state index is 13.5. The van der Waals surface area contributed by atoms with Crippen LogP contribution in [0, 0.1) is 25.7 Å². The number of aromatic nitrogens is 2. The van der Waals surface area contributed by atoms with Crippen molar-refractivity contribution in [3.63, 3.8) is 0 Å². The average Bonchev–Trinajstić information content (AvgIpc) is 3.43. The van der Waals surface area contributed by atoms with Gasteiger partial charge in [-0.2, -0.15) is 0 Å². The number of H-pyrrole nitrogens is 1. The molecule has 0 radical (unpaired) electrons. The SMILES string of the molecule is Cc1cc(-c2[nH]c3ccc(C(=O)N4CC5CN(C(C)C)CC5C4)cc3c2C(C)C)cc(C)n1. The van der Waals surface area contributed by atoms with E-state index in [4.69, 9.17) is 0 Å². The largest absolute Gasteiger partial charge is 0.354 e. The average molecular weight is 445 g/mol. The molecule has 2 unspecified atom stereocenters. The summed E-state index contributed by atoms with van der Waals surface area (Å²) in [6, 6.07) is 11.1. The fraction of sp³-hybridized carbons (Fsp3) is 0.500. The molecule has 2 aliphatic heterocycles. The molecule has 33 heavy (non-hydrogen) atoms. The first kappa shape index (κ1) is 22.1. The number of aromatic amines is 1. The lowest BCUT2D eigenvalue weighted by molar-refractivity contribution is 0.0771. The van der Waals surface area contributed by atoms with E-state index >= 15 is 0 Å². The number of fused-ring (bicyclic) bond motifs is 2. The van der Waals surface area contributed by atoms with Gasteiger partial charge in [-0.1, -0.05) is 13.8 Å². The number of hydrogen-bond donors (Lipinski definition) is 1. The summed E-state index contributed by atoms with van der Waals surface area (Å²) in [5.41, 5.74) is 7.50. The van der Waals surface area contributed by atoms with Crippen LogP contribution in [0.2, 0.25) is 0 Å². The van der Waals surface area contributed by atoms with Crippen molar-refractivity contribution in [3.05, 3.63) is 52.8 Å². The number of pyridine rings is 1. The number of hydrogen-bond acceptors (Lipinski definition) is 3. The van der Waals surface area contributed by atoms with Gasteiger partial charge in [0, 0.05) is 65.6 Å². The molecule has 2 aliphatic rings. The Morgan fingerprint density at radius 2 is 1.61 bits per heavy atom. The van der Waals surface area contributed by atoms with Gasteiger partial charge < -0.3 is 14.8 Å². The normalized spacial score (nSPS) is 21.0. The molecule has 0 bridgehead atoms. The summed E-state index contributed by atoms with van der Waals surface area (Å²) in [5, 5.41) is 1.16. The van der Waals surface area contributed by atoms with Crippen LogP contribution in [0.1, 0.15) is 60.9 Å². The highest BCUT2D eigenvalue weighted by Gasteiger charge is 2.42. The van der Waals surface area contributed by atoms with Gasteiger partial charge in [0.15, 0.2) is 0 Å². The monoisotopic (exact) mass is 444 g/mol. The van der Waals surface area contributed by atoms with Crippen LogP contribution in [0.4, 0.5) is 0 Å². The van der Waals surface area contributed by atoms with Crippen molar-refractivity contribution in [2.45, 2.75) is 53.5 Å². The highest BCUT2D eigenvalue weighted by atomic mass is 16.2. The van der Waals surface area contributed by atoms with Gasteiger partial charge in [-0.25, -0.2) is 0 Å². The number of amides is 1. The third kappa shape index (κ3) is 3.97. The molecular weight excluding hydrogens is 408 g/mol. The predicted octanol–water partition coefficient (Wildman–Crippen LogP) is 5.38. The smallest absolute Gasteiger partial charge is 0.253 e. The zero-order valence-corrected chi connectivity index (χ0v) is 20.8. The first-order valence-corrected chi connectivity index (χ1v) is 12.4. The Kier molecular flexibility index (Phi) is 5.56. The van der Waals surface area contributed by atoms with Crippen LogP contribution in [0.3, 0.4) is 0 Å². The fourth-order valence-corrected chi connectivity index (χ4v) is 5.95. The second kappa shape index (κ2) is 8.28. The third-order valence-electron chi connectivity index (χ3n) is 7.57. The van der Waals surface area contributed by atoms with Crippen LogP contribution in [0.15, 0.2) is 30.3 Å². The van der Waals surface area contributed by atoms with Crippen LogP contribution in [-0.2, 0) is 0 Å². The first-order chi connectivity index (χ1) is 15.7. The molecule has 0 spiro atoms. The molecule has 2 saturated heterocycles. The van der Waals surface area contributed by atoms with E-state index in [2.05, 4.69) is 71.7 Å². The summed E-state index contributed by atoms with van der Waals surface area (Å²) in [4.78, 5) is 26.3. The van der Waals surface area contributed by atoms with Gasteiger partial charge in [0.2, 0.25) is 0 Å². The summed E-state index contributed by atoms with van der Waals surface area (Å²) >= 11 is 0. The minimum Gasteiger partial charge on any atom is -0.354 e. The van der Waals surface area contributed by atoms with E-state index in [9.17, 15) is 4.79 Å². The minimum absolute atomic E-state index is 0.176. The van der Waals surface area contributed by atoms with Gasteiger partial charge >= 0.3 is 0 Å². The molecule has 1 aromatic carbocycles. The summed E-state index contributed by atoms with van der Waals surface area (Å²) < 4.78 is 0. The Balaban J connectivity index is 1.46. The molecule has 1 amide bonds. The Morgan fingerprint density at radius 3 is 2.18 bits per heavy atom. The van der Waals surface area contributed by atoms with Crippen LogP contribution >= 0.6 is 0 Å². The molecule has 3 aromatic rings. The van der Waals surface area contributed by atoms with E-state index in [1.165, 1.54) is 5.56 Å². The number of aryl methyl sites for hydroxylation is 2. The van der Waals surface area contributed by atoms with E-state index in [0.717, 1.165) is 65.3 Å².